The molecule has 0 saturated heterocycles. The second-order valence-corrected chi connectivity index (χ2v) is 6.47. The highest BCUT2D eigenvalue weighted by Gasteiger charge is 2.12. The van der Waals surface area contributed by atoms with Crippen molar-refractivity contribution in [1.29, 1.82) is 0 Å². The molecule has 0 heterocycles. The van der Waals surface area contributed by atoms with Gasteiger partial charge in [0.25, 0.3) is 0 Å². The number of rotatable bonds is 9. The second-order valence-electron chi connectivity index (χ2n) is 4.14. The number of nitrogens with one attached hydrogen (secondary N) is 1. The maximum atomic E-state index is 11.9. The van der Waals surface area contributed by atoms with Crippen LogP contribution in [0.15, 0.2) is 29.2 Å². The molecule has 0 aromatic heterocycles. The van der Waals surface area contributed by atoms with Gasteiger partial charge in [-0.05, 0) is 24.1 Å². The fourth-order valence-electron chi connectivity index (χ4n) is 1.44. The van der Waals surface area contributed by atoms with E-state index in [2.05, 4.69) is 27.6 Å². The van der Waals surface area contributed by atoms with Crippen molar-refractivity contribution < 1.29 is 13.2 Å². The fourth-order valence-corrected chi connectivity index (χ4v) is 2.82. The first kappa shape index (κ1) is 16.6. The Labute approximate surface area is 123 Å². The third-order valence-corrected chi connectivity index (χ3v) is 4.69. The quantitative estimate of drug-likeness (QED) is 0.550. The summed E-state index contributed by atoms with van der Waals surface area (Å²) < 4.78 is 31.7. The molecule has 0 aliphatic rings. The Morgan fingerprint density at radius 1 is 1.21 bits per heavy atom. The molecule has 0 radical (unpaired) electrons. The highest BCUT2D eigenvalue weighted by molar-refractivity contribution is 9.08. The van der Waals surface area contributed by atoms with Crippen molar-refractivity contribution in [2.24, 2.45) is 0 Å². The van der Waals surface area contributed by atoms with Gasteiger partial charge in [0.15, 0.2) is 0 Å². The van der Waals surface area contributed by atoms with Crippen LogP contribution in [-0.4, -0.2) is 28.2 Å². The Bertz CT molecular complexity index is 459. The van der Waals surface area contributed by atoms with Crippen molar-refractivity contribution >= 4 is 26.0 Å². The monoisotopic (exact) mass is 349 g/mol. The lowest BCUT2D eigenvalue weighted by Gasteiger charge is -2.07. The first-order chi connectivity index (χ1) is 9.10. The molecule has 0 unspecified atom stereocenters. The molecule has 1 aromatic rings. The molecule has 108 valence electrons. The third-order valence-electron chi connectivity index (χ3n) is 2.57. The van der Waals surface area contributed by atoms with Gasteiger partial charge in [-0.25, -0.2) is 13.1 Å². The maximum absolute atomic E-state index is 11.9. The number of alkyl halides is 1. The first-order valence-corrected chi connectivity index (χ1v) is 8.93. The van der Waals surface area contributed by atoms with Crippen LogP contribution in [0.4, 0.5) is 0 Å². The summed E-state index contributed by atoms with van der Waals surface area (Å²) >= 11 is 3.32. The SMILES string of the molecule is CCCCOCCNS(=O)(=O)c1ccc(CBr)cc1. The summed E-state index contributed by atoms with van der Waals surface area (Å²) in [6.45, 7) is 3.46. The zero-order chi connectivity index (χ0) is 14.1. The average Bonchev–Trinajstić information content (AvgIpc) is 2.43. The van der Waals surface area contributed by atoms with E-state index in [1.807, 2.05) is 0 Å². The lowest BCUT2D eigenvalue weighted by atomic mass is 10.2. The van der Waals surface area contributed by atoms with Crippen LogP contribution in [0.25, 0.3) is 0 Å². The van der Waals surface area contributed by atoms with Crippen molar-refractivity contribution in [3.63, 3.8) is 0 Å². The molecular weight excluding hydrogens is 330 g/mol. The lowest BCUT2D eigenvalue weighted by Crippen LogP contribution is -2.27. The summed E-state index contributed by atoms with van der Waals surface area (Å²) in [4.78, 5) is 0.283. The topological polar surface area (TPSA) is 55.4 Å². The number of ether oxygens (including phenoxy) is 1. The molecule has 0 bridgehead atoms. The summed E-state index contributed by atoms with van der Waals surface area (Å²) in [5, 5.41) is 0.714. The van der Waals surface area contributed by atoms with Gasteiger partial charge in [-0.2, -0.15) is 0 Å². The Hall–Kier alpha value is -0.430. The summed E-state index contributed by atoms with van der Waals surface area (Å²) in [5.74, 6) is 0. The van der Waals surface area contributed by atoms with Crippen LogP contribution >= 0.6 is 15.9 Å². The van der Waals surface area contributed by atoms with Crippen LogP contribution in [0.5, 0.6) is 0 Å². The fraction of sp³-hybridized carbons (Fsp3) is 0.538. The normalized spacial score (nSPS) is 11.7. The predicted molar refractivity (Wildman–Crippen MR) is 80.0 cm³/mol. The largest absolute Gasteiger partial charge is 0.380 e. The molecule has 1 N–H and O–H groups in total. The highest BCUT2D eigenvalue weighted by atomic mass is 79.9. The van der Waals surface area contributed by atoms with Crippen molar-refractivity contribution in [3.05, 3.63) is 29.8 Å². The van der Waals surface area contributed by atoms with Crippen LogP contribution in [0, 0.1) is 0 Å². The van der Waals surface area contributed by atoms with E-state index >= 15 is 0 Å². The van der Waals surface area contributed by atoms with Crippen LogP contribution in [0.2, 0.25) is 0 Å². The molecule has 0 amide bonds. The summed E-state index contributed by atoms with van der Waals surface area (Å²) in [7, 11) is -3.42. The van der Waals surface area contributed by atoms with Gasteiger partial charge in [-0.15, -0.1) is 0 Å². The van der Waals surface area contributed by atoms with E-state index in [4.69, 9.17) is 4.74 Å². The smallest absolute Gasteiger partial charge is 0.240 e. The number of benzene rings is 1. The summed E-state index contributed by atoms with van der Waals surface area (Å²) in [6, 6.07) is 6.80. The summed E-state index contributed by atoms with van der Waals surface area (Å²) in [6.07, 6.45) is 2.08. The number of halogens is 1. The maximum Gasteiger partial charge on any atom is 0.240 e. The highest BCUT2D eigenvalue weighted by Crippen LogP contribution is 2.12. The Balaban J connectivity index is 2.42. The van der Waals surface area contributed by atoms with E-state index in [0.717, 1.165) is 18.4 Å². The molecular formula is C13H20BrNO3S. The van der Waals surface area contributed by atoms with Crippen molar-refractivity contribution in [2.75, 3.05) is 19.8 Å². The van der Waals surface area contributed by atoms with E-state index in [1.54, 1.807) is 24.3 Å². The zero-order valence-electron chi connectivity index (χ0n) is 11.1. The van der Waals surface area contributed by atoms with Gasteiger partial charge in [0, 0.05) is 18.5 Å². The number of hydrogen-bond donors (Lipinski definition) is 1. The Morgan fingerprint density at radius 2 is 1.89 bits per heavy atom. The van der Waals surface area contributed by atoms with Crippen molar-refractivity contribution in [1.82, 2.24) is 4.72 Å². The third kappa shape index (κ3) is 6.03. The van der Waals surface area contributed by atoms with E-state index in [0.29, 0.717) is 25.1 Å². The molecule has 1 rings (SSSR count). The van der Waals surface area contributed by atoms with Crippen LogP contribution in [0.1, 0.15) is 25.3 Å². The van der Waals surface area contributed by atoms with Gasteiger partial charge < -0.3 is 4.74 Å². The molecule has 0 spiro atoms. The minimum Gasteiger partial charge on any atom is -0.380 e. The van der Waals surface area contributed by atoms with Gasteiger partial charge in [0.2, 0.25) is 10.0 Å². The minimum absolute atomic E-state index is 0.283. The van der Waals surface area contributed by atoms with E-state index in [9.17, 15) is 8.42 Å². The molecule has 19 heavy (non-hydrogen) atoms. The Morgan fingerprint density at radius 3 is 2.47 bits per heavy atom. The molecule has 6 heteroatoms. The number of unbranched alkanes of at least 4 members (excludes halogenated alkanes) is 1. The summed E-state index contributed by atoms with van der Waals surface area (Å²) in [5.41, 5.74) is 1.04. The molecule has 0 atom stereocenters. The number of sulfonamides is 1. The van der Waals surface area contributed by atoms with E-state index < -0.39 is 10.0 Å². The molecule has 4 nitrogen and oxygen atoms in total. The van der Waals surface area contributed by atoms with Gasteiger partial charge in [0.05, 0.1) is 11.5 Å². The predicted octanol–water partition coefficient (Wildman–Crippen LogP) is 2.68. The molecule has 0 saturated carbocycles. The van der Waals surface area contributed by atoms with E-state index in [-0.39, 0.29) is 4.90 Å². The van der Waals surface area contributed by atoms with Gasteiger partial charge >= 0.3 is 0 Å². The van der Waals surface area contributed by atoms with Crippen LogP contribution < -0.4 is 4.72 Å². The lowest BCUT2D eigenvalue weighted by molar-refractivity contribution is 0.136. The number of hydrogen-bond acceptors (Lipinski definition) is 3. The average molecular weight is 350 g/mol. The molecule has 0 aliphatic carbocycles. The van der Waals surface area contributed by atoms with Crippen molar-refractivity contribution in [3.8, 4) is 0 Å². The van der Waals surface area contributed by atoms with Crippen LogP contribution in [-0.2, 0) is 20.1 Å². The van der Waals surface area contributed by atoms with Gasteiger partial charge in [-0.3, -0.25) is 0 Å². The first-order valence-electron chi connectivity index (χ1n) is 6.32. The molecule has 1 aromatic carbocycles. The van der Waals surface area contributed by atoms with Crippen LogP contribution in [0.3, 0.4) is 0 Å². The van der Waals surface area contributed by atoms with Gasteiger partial charge in [-0.1, -0.05) is 41.4 Å². The standard InChI is InChI=1S/C13H20BrNO3S/c1-2-3-9-18-10-8-15-19(16,17)13-6-4-12(11-14)5-7-13/h4-7,15H,2-3,8-11H2,1H3. The van der Waals surface area contributed by atoms with E-state index in [1.165, 1.54) is 0 Å². The minimum atomic E-state index is -3.42. The second kappa shape index (κ2) is 8.68. The van der Waals surface area contributed by atoms with Crippen molar-refractivity contribution in [2.45, 2.75) is 30.0 Å². The Kier molecular flexibility index (Phi) is 7.60. The zero-order valence-corrected chi connectivity index (χ0v) is 13.5. The molecule has 0 fully saturated rings. The molecule has 0 aliphatic heterocycles. The van der Waals surface area contributed by atoms with Gasteiger partial charge in [0.1, 0.15) is 0 Å².